The Labute approximate surface area is 95.7 Å². The minimum Gasteiger partial charge on any atom is -0.245 e. The topological polar surface area (TPSA) is 36.7 Å². The summed E-state index contributed by atoms with van der Waals surface area (Å²) in [4.78, 5) is 4.38. The molecule has 0 aliphatic rings. The van der Waals surface area contributed by atoms with Crippen molar-refractivity contribution >= 4 is 11.8 Å². The molecule has 0 saturated heterocycles. The normalized spacial score (nSPS) is 10.3. The number of nitriles is 1. The molecule has 1 rings (SSSR count). The van der Waals surface area contributed by atoms with Gasteiger partial charge in [0.15, 0.2) is 0 Å². The number of rotatable bonds is 4. The fraction of sp³-hybridized carbons (Fsp3) is 0.500. The zero-order chi connectivity index (χ0) is 11.3. The van der Waals surface area contributed by atoms with Crippen molar-refractivity contribution < 1.29 is 0 Å². The Balaban J connectivity index is 2.67. The van der Waals surface area contributed by atoms with Gasteiger partial charge < -0.3 is 0 Å². The number of aryl methyl sites for hydroxylation is 1. The van der Waals surface area contributed by atoms with E-state index in [1.165, 1.54) is 0 Å². The minimum atomic E-state index is 0.689. The maximum Gasteiger partial charge on any atom is 0.114 e. The lowest BCUT2D eigenvalue weighted by molar-refractivity contribution is 0.632. The van der Waals surface area contributed by atoms with Crippen LogP contribution in [-0.4, -0.2) is 10.7 Å². The van der Waals surface area contributed by atoms with E-state index in [4.69, 9.17) is 5.26 Å². The molecule has 0 spiro atoms. The van der Waals surface area contributed by atoms with Crippen LogP contribution in [0.2, 0.25) is 0 Å². The Morgan fingerprint density at radius 2 is 2.20 bits per heavy atom. The van der Waals surface area contributed by atoms with Crippen LogP contribution in [0.15, 0.2) is 17.2 Å². The van der Waals surface area contributed by atoms with Crippen molar-refractivity contribution in [1.82, 2.24) is 4.98 Å². The molecular formula is C12H16N2S. The van der Waals surface area contributed by atoms with Gasteiger partial charge in [0.1, 0.15) is 11.1 Å². The van der Waals surface area contributed by atoms with Gasteiger partial charge in [-0.2, -0.15) is 5.26 Å². The van der Waals surface area contributed by atoms with Crippen LogP contribution in [0.5, 0.6) is 0 Å². The van der Waals surface area contributed by atoms with E-state index >= 15 is 0 Å². The maximum absolute atomic E-state index is 8.91. The standard InChI is InChI=1S/C12H16N2S/c1-9(2)6-7-15-12-11(8-13)5-4-10(3)14-12/h4-5,9H,6-7H2,1-3H3. The highest BCUT2D eigenvalue weighted by Gasteiger charge is 2.05. The first-order valence-electron chi connectivity index (χ1n) is 5.14. The van der Waals surface area contributed by atoms with E-state index in [1.807, 2.05) is 19.1 Å². The molecule has 0 atom stereocenters. The third-order valence-corrected chi connectivity index (χ3v) is 3.08. The smallest absolute Gasteiger partial charge is 0.114 e. The van der Waals surface area contributed by atoms with Crippen molar-refractivity contribution in [3.63, 3.8) is 0 Å². The van der Waals surface area contributed by atoms with Crippen molar-refractivity contribution in [3.8, 4) is 6.07 Å². The van der Waals surface area contributed by atoms with Gasteiger partial charge in [-0.3, -0.25) is 0 Å². The van der Waals surface area contributed by atoms with Gasteiger partial charge >= 0.3 is 0 Å². The van der Waals surface area contributed by atoms with E-state index in [0.717, 1.165) is 22.9 Å². The number of aromatic nitrogens is 1. The molecule has 0 bridgehead atoms. The SMILES string of the molecule is Cc1ccc(C#N)c(SCCC(C)C)n1. The first-order chi connectivity index (χ1) is 7.13. The largest absolute Gasteiger partial charge is 0.245 e. The molecule has 0 aromatic carbocycles. The minimum absolute atomic E-state index is 0.689. The Kier molecular flexibility index (Phi) is 4.64. The highest BCUT2D eigenvalue weighted by Crippen LogP contribution is 2.22. The number of thioether (sulfide) groups is 1. The Morgan fingerprint density at radius 1 is 1.47 bits per heavy atom. The third-order valence-electron chi connectivity index (χ3n) is 2.05. The van der Waals surface area contributed by atoms with Crippen molar-refractivity contribution in [2.45, 2.75) is 32.2 Å². The first kappa shape index (κ1) is 12.1. The van der Waals surface area contributed by atoms with Crippen LogP contribution in [0.25, 0.3) is 0 Å². The molecule has 80 valence electrons. The second kappa shape index (κ2) is 5.77. The van der Waals surface area contributed by atoms with Crippen molar-refractivity contribution in [3.05, 3.63) is 23.4 Å². The lowest BCUT2D eigenvalue weighted by Gasteiger charge is -2.05. The summed E-state index contributed by atoms with van der Waals surface area (Å²) in [6, 6.07) is 5.90. The fourth-order valence-corrected chi connectivity index (χ4v) is 2.38. The summed E-state index contributed by atoms with van der Waals surface area (Å²) < 4.78 is 0. The molecule has 0 saturated carbocycles. The second-order valence-corrected chi connectivity index (χ2v) is 5.03. The molecule has 1 aromatic rings. The molecule has 3 heteroatoms. The van der Waals surface area contributed by atoms with Crippen LogP contribution >= 0.6 is 11.8 Å². The van der Waals surface area contributed by atoms with E-state index in [-0.39, 0.29) is 0 Å². The number of nitrogens with zero attached hydrogens (tertiary/aromatic N) is 2. The van der Waals surface area contributed by atoms with Gasteiger partial charge in [0, 0.05) is 5.69 Å². The first-order valence-corrected chi connectivity index (χ1v) is 6.12. The molecule has 0 N–H and O–H groups in total. The van der Waals surface area contributed by atoms with Crippen LogP contribution in [0.4, 0.5) is 0 Å². The van der Waals surface area contributed by atoms with Gasteiger partial charge in [-0.05, 0) is 37.1 Å². The average Bonchev–Trinajstić information content (AvgIpc) is 2.17. The summed E-state index contributed by atoms with van der Waals surface area (Å²) in [7, 11) is 0. The maximum atomic E-state index is 8.91. The monoisotopic (exact) mass is 220 g/mol. The molecule has 1 aromatic heterocycles. The number of hydrogen-bond acceptors (Lipinski definition) is 3. The number of hydrogen-bond donors (Lipinski definition) is 0. The van der Waals surface area contributed by atoms with Gasteiger partial charge in [-0.1, -0.05) is 13.8 Å². The van der Waals surface area contributed by atoms with Crippen LogP contribution in [-0.2, 0) is 0 Å². The molecule has 0 aliphatic carbocycles. The predicted octanol–water partition coefficient (Wildman–Crippen LogP) is 3.40. The molecule has 0 unspecified atom stereocenters. The quantitative estimate of drug-likeness (QED) is 0.730. The van der Waals surface area contributed by atoms with Crippen LogP contribution in [0.3, 0.4) is 0 Å². The Bertz CT molecular complexity index is 366. The summed E-state index contributed by atoms with van der Waals surface area (Å²) in [6.07, 6.45) is 1.16. The van der Waals surface area contributed by atoms with Crippen molar-refractivity contribution in [2.24, 2.45) is 5.92 Å². The summed E-state index contributed by atoms with van der Waals surface area (Å²) in [5.74, 6) is 1.73. The zero-order valence-electron chi connectivity index (χ0n) is 9.45. The van der Waals surface area contributed by atoms with E-state index < -0.39 is 0 Å². The van der Waals surface area contributed by atoms with Gasteiger partial charge in [0.05, 0.1) is 5.56 Å². The number of pyridine rings is 1. The molecule has 15 heavy (non-hydrogen) atoms. The lowest BCUT2D eigenvalue weighted by atomic mass is 10.2. The zero-order valence-corrected chi connectivity index (χ0v) is 10.3. The predicted molar refractivity (Wildman–Crippen MR) is 63.9 cm³/mol. The van der Waals surface area contributed by atoms with Crippen LogP contribution in [0.1, 0.15) is 31.5 Å². The summed E-state index contributed by atoms with van der Waals surface area (Å²) in [6.45, 7) is 6.36. The van der Waals surface area contributed by atoms with E-state index in [2.05, 4.69) is 24.9 Å². The van der Waals surface area contributed by atoms with E-state index in [0.29, 0.717) is 11.5 Å². The Morgan fingerprint density at radius 3 is 2.80 bits per heavy atom. The van der Waals surface area contributed by atoms with Gasteiger partial charge in [0.25, 0.3) is 0 Å². The molecule has 1 heterocycles. The fourth-order valence-electron chi connectivity index (χ4n) is 1.12. The van der Waals surface area contributed by atoms with Gasteiger partial charge in [-0.25, -0.2) is 4.98 Å². The average molecular weight is 220 g/mol. The van der Waals surface area contributed by atoms with Crippen molar-refractivity contribution in [1.29, 1.82) is 5.26 Å². The van der Waals surface area contributed by atoms with Gasteiger partial charge in [-0.15, -0.1) is 11.8 Å². The van der Waals surface area contributed by atoms with Crippen LogP contribution < -0.4 is 0 Å². The highest BCUT2D eigenvalue weighted by molar-refractivity contribution is 7.99. The lowest BCUT2D eigenvalue weighted by Crippen LogP contribution is -1.93. The highest BCUT2D eigenvalue weighted by atomic mass is 32.2. The third kappa shape index (κ3) is 3.93. The second-order valence-electron chi connectivity index (χ2n) is 3.95. The van der Waals surface area contributed by atoms with E-state index in [1.54, 1.807) is 11.8 Å². The van der Waals surface area contributed by atoms with Crippen molar-refractivity contribution in [2.75, 3.05) is 5.75 Å². The molecule has 0 fully saturated rings. The summed E-state index contributed by atoms with van der Waals surface area (Å²) in [5.41, 5.74) is 1.66. The summed E-state index contributed by atoms with van der Waals surface area (Å²) >= 11 is 1.68. The van der Waals surface area contributed by atoms with E-state index in [9.17, 15) is 0 Å². The molecule has 0 amide bonds. The van der Waals surface area contributed by atoms with Crippen LogP contribution in [0, 0.1) is 24.2 Å². The molecule has 2 nitrogen and oxygen atoms in total. The molecular weight excluding hydrogens is 204 g/mol. The molecule has 0 aliphatic heterocycles. The molecule has 0 radical (unpaired) electrons. The summed E-state index contributed by atoms with van der Waals surface area (Å²) in [5, 5.41) is 9.79. The Hall–Kier alpha value is -1.01. The van der Waals surface area contributed by atoms with Gasteiger partial charge in [0.2, 0.25) is 0 Å².